The molecule has 0 spiro atoms. The number of carbonyl (C=O) groups is 1. The van der Waals surface area contributed by atoms with E-state index in [1.165, 1.54) is 6.42 Å². The smallest absolute Gasteiger partial charge is 0.139 e. The number of rotatable bonds is 4. The van der Waals surface area contributed by atoms with Gasteiger partial charge in [-0.25, -0.2) is 0 Å². The molecular formula is C9H16N2O. The van der Waals surface area contributed by atoms with Gasteiger partial charge in [-0.3, -0.25) is 0 Å². The summed E-state index contributed by atoms with van der Waals surface area (Å²) in [7, 11) is 1.90. The first-order valence-electron chi connectivity index (χ1n) is 4.32. The number of carbonyl (C=O) groups excluding carboxylic acids is 1. The molecule has 1 rings (SSSR count). The topological polar surface area (TPSA) is 32.3 Å². The molecule has 3 nitrogen and oxygen atoms in total. The SMILES string of the molecule is C=C(C1CCCN1)N(C)CC=O. The first-order valence-corrected chi connectivity index (χ1v) is 4.32. The number of hydrogen-bond acceptors (Lipinski definition) is 3. The van der Waals surface area contributed by atoms with Gasteiger partial charge in [-0.2, -0.15) is 0 Å². The van der Waals surface area contributed by atoms with E-state index in [1.54, 1.807) is 0 Å². The van der Waals surface area contributed by atoms with Crippen LogP contribution in [0.4, 0.5) is 0 Å². The van der Waals surface area contributed by atoms with Gasteiger partial charge in [0.15, 0.2) is 0 Å². The lowest BCUT2D eigenvalue weighted by Gasteiger charge is -2.23. The van der Waals surface area contributed by atoms with Crippen molar-refractivity contribution in [3.8, 4) is 0 Å². The van der Waals surface area contributed by atoms with Crippen molar-refractivity contribution < 1.29 is 4.79 Å². The van der Waals surface area contributed by atoms with Gasteiger partial charge in [-0.1, -0.05) is 6.58 Å². The molecule has 0 amide bonds. The molecule has 1 aliphatic heterocycles. The Hall–Kier alpha value is -0.830. The van der Waals surface area contributed by atoms with Gasteiger partial charge in [0.2, 0.25) is 0 Å². The van der Waals surface area contributed by atoms with Crippen molar-refractivity contribution >= 4 is 6.29 Å². The highest BCUT2D eigenvalue weighted by molar-refractivity contribution is 5.52. The Bertz CT molecular complexity index is 173. The van der Waals surface area contributed by atoms with E-state index < -0.39 is 0 Å². The minimum Gasteiger partial charge on any atom is -0.370 e. The zero-order valence-corrected chi connectivity index (χ0v) is 7.55. The third-order valence-electron chi connectivity index (χ3n) is 2.30. The van der Waals surface area contributed by atoms with E-state index in [0.29, 0.717) is 12.6 Å². The maximum absolute atomic E-state index is 10.2. The summed E-state index contributed by atoms with van der Waals surface area (Å²) in [6, 6.07) is 0.384. The van der Waals surface area contributed by atoms with E-state index in [-0.39, 0.29) is 0 Å². The highest BCUT2D eigenvalue weighted by Crippen LogP contribution is 2.14. The lowest BCUT2D eigenvalue weighted by atomic mass is 10.1. The molecule has 0 aromatic carbocycles. The Morgan fingerprint density at radius 3 is 3.08 bits per heavy atom. The summed E-state index contributed by atoms with van der Waals surface area (Å²) < 4.78 is 0. The van der Waals surface area contributed by atoms with Crippen molar-refractivity contribution in [2.24, 2.45) is 0 Å². The maximum Gasteiger partial charge on any atom is 0.139 e. The van der Waals surface area contributed by atoms with Crippen LogP contribution >= 0.6 is 0 Å². The number of aldehydes is 1. The molecule has 0 aromatic rings. The van der Waals surface area contributed by atoms with Crippen LogP contribution in [0.1, 0.15) is 12.8 Å². The van der Waals surface area contributed by atoms with Crippen molar-refractivity contribution in [2.75, 3.05) is 20.1 Å². The third-order valence-corrected chi connectivity index (χ3v) is 2.30. The quantitative estimate of drug-likeness (QED) is 0.616. The first-order chi connectivity index (χ1) is 5.75. The molecule has 0 saturated carbocycles. The van der Waals surface area contributed by atoms with Crippen molar-refractivity contribution in [3.05, 3.63) is 12.3 Å². The lowest BCUT2D eigenvalue weighted by molar-refractivity contribution is -0.108. The van der Waals surface area contributed by atoms with Gasteiger partial charge in [0.1, 0.15) is 6.29 Å². The Balaban J connectivity index is 2.39. The zero-order chi connectivity index (χ0) is 8.97. The predicted octanol–water partition coefficient (Wildman–Crippen LogP) is 0.383. The summed E-state index contributed by atoms with van der Waals surface area (Å²) in [4.78, 5) is 12.1. The van der Waals surface area contributed by atoms with Gasteiger partial charge >= 0.3 is 0 Å². The van der Waals surface area contributed by atoms with Crippen LogP contribution in [-0.2, 0) is 4.79 Å². The third kappa shape index (κ3) is 2.08. The van der Waals surface area contributed by atoms with Gasteiger partial charge in [0.05, 0.1) is 6.54 Å². The monoisotopic (exact) mass is 168 g/mol. The molecule has 12 heavy (non-hydrogen) atoms. The molecule has 1 heterocycles. The van der Waals surface area contributed by atoms with E-state index in [9.17, 15) is 4.79 Å². The van der Waals surface area contributed by atoms with Gasteiger partial charge < -0.3 is 15.0 Å². The zero-order valence-electron chi connectivity index (χ0n) is 7.55. The van der Waals surface area contributed by atoms with Crippen LogP contribution in [0.2, 0.25) is 0 Å². The van der Waals surface area contributed by atoms with Crippen LogP contribution in [0.25, 0.3) is 0 Å². The van der Waals surface area contributed by atoms with Crippen LogP contribution < -0.4 is 5.32 Å². The second-order valence-corrected chi connectivity index (χ2v) is 3.19. The molecular weight excluding hydrogens is 152 g/mol. The van der Waals surface area contributed by atoms with Gasteiger partial charge in [-0.05, 0) is 19.4 Å². The van der Waals surface area contributed by atoms with Gasteiger partial charge in [-0.15, -0.1) is 0 Å². The predicted molar refractivity (Wildman–Crippen MR) is 48.9 cm³/mol. The normalized spacial score (nSPS) is 22.2. The number of nitrogens with zero attached hydrogens (tertiary/aromatic N) is 1. The van der Waals surface area contributed by atoms with Crippen LogP contribution in [-0.4, -0.2) is 37.4 Å². The molecule has 0 aliphatic carbocycles. The second-order valence-electron chi connectivity index (χ2n) is 3.19. The van der Waals surface area contributed by atoms with Gasteiger partial charge in [0, 0.05) is 18.8 Å². The largest absolute Gasteiger partial charge is 0.370 e. The number of nitrogens with one attached hydrogen (secondary N) is 1. The van der Waals surface area contributed by atoms with Gasteiger partial charge in [0.25, 0.3) is 0 Å². The fourth-order valence-electron chi connectivity index (χ4n) is 1.46. The van der Waals surface area contributed by atoms with Crippen molar-refractivity contribution in [3.63, 3.8) is 0 Å². The van der Waals surface area contributed by atoms with E-state index in [0.717, 1.165) is 24.9 Å². The Kier molecular flexibility index (Phi) is 3.29. The van der Waals surface area contributed by atoms with E-state index in [2.05, 4.69) is 11.9 Å². The Labute approximate surface area is 73.4 Å². The summed E-state index contributed by atoms with van der Waals surface area (Å²) in [5.41, 5.74) is 1.03. The summed E-state index contributed by atoms with van der Waals surface area (Å²) >= 11 is 0. The van der Waals surface area contributed by atoms with E-state index in [1.807, 2.05) is 11.9 Å². The minimum atomic E-state index is 0.384. The second kappa shape index (κ2) is 4.26. The molecule has 1 saturated heterocycles. The van der Waals surface area contributed by atoms with E-state index >= 15 is 0 Å². The number of likely N-dealkylation sites (N-methyl/N-ethyl adjacent to an activating group) is 1. The fourth-order valence-corrected chi connectivity index (χ4v) is 1.46. The molecule has 1 unspecified atom stereocenters. The van der Waals surface area contributed by atoms with Crippen molar-refractivity contribution in [1.29, 1.82) is 0 Å². The highest BCUT2D eigenvalue weighted by Gasteiger charge is 2.18. The standard InChI is InChI=1S/C9H16N2O/c1-8(11(2)6-7-12)9-4-3-5-10-9/h7,9-10H,1,3-6H2,2H3. The molecule has 1 fully saturated rings. The molecule has 3 heteroatoms. The van der Waals surface area contributed by atoms with Crippen molar-refractivity contribution in [1.82, 2.24) is 10.2 Å². The average molecular weight is 168 g/mol. The molecule has 0 aromatic heterocycles. The minimum absolute atomic E-state index is 0.384. The van der Waals surface area contributed by atoms with Crippen molar-refractivity contribution in [2.45, 2.75) is 18.9 Å². The average Bonchev–Trinajstić information content (AvgIpc) is 2.55. The maximum atomic E-state index is 10.2. The first kappa shape index (κ1) is 9.26. The molecule has 0 radical (unpaired) electrons. The fraction of sp³-hybridized carbons (Fsp3) is 0.667. The summed E-state index contributed by atoms with van der Waals surface area (Å²) in [5.74, 6) is 0. The summed E-state index contributed by atoms with van der Waals surface area (Å²) in [6.07, 6.45) is 3.25. The Morgan fingerprint density at radius 1 is 1.83 bits per heavy atom. The summed E-state index contributed by atoms with van der Waals surface area (Å²) in [6.45, 7) is 5.47. The Morgan fingerprint density at radius 2 is 2.58 bits per heavy atom. The van der Waals surface area contributed by atoms with Crippen LogP contribution in [0.15, 0.2) is 12.3 Å². The summed E-state index contributed by atoms with van der Waals surface area (Å²) in [5, 5.41) is 3.34. The van der Waals surface area contributed by atoms with E-state index in [4.69, 9.17) is 0 Å². The molecule has 0 bridgehead atoms. The molecule has 1 aliphatic rings. The van der Waals surface area contributed by atoms with Crippen LogP contribution in [0.3, 0.4) is 0 Å². The number of hydrogen-bond donors (Lipinski definition) is 1. The van der Waals surface area contributed by atoms with Crippen LogP contribution in [0.5, 0.6) is 0 Å². The molecule has 1 N–H and O–H groups in total. The highest BCUT2D eigenvalue weighted by atomic mass is 16.1. The van der Waals surface area contributed by atoms with Crippen LogP contribution in [0, 0.1) is 0 Å². The lowest BCUT2D eigenvalue weighted by Crippen LogP contribution is -2.33. The molecule has 68 valence electrons. The molecule has 1 atom stereocenters.